The van der Waals surface area contributed by atoms with Crippen LogP contribution in [0.25, 0.3) is 0 Å². The van der Waals surface area contributed by atoms with Crippen LogP contribution in [0, 0.1) is 12.8 Å². The highest BCUT2D eigenvalue weighted by molar-refractivity contribution is 7.17. The van der Waals surface area contributed by atoms with E-state index >= 15 is 0 Å². The number of hydrogen-bond donors (Lipinski definition) is 1. The van der Waals surface area contributed by atoms with E-state index < -0.39 is 23.7 Å². The number of carbonyl (C=O) groups is 2. The zero-order valence-electron chi connectivity index (χ0n) is 15.6. The minimum Gasteiger partial charge on any atom is -0.465 e. The van der Waals surface area contributed by atoms with Crippen molar-refractivity contribution < 1.29 is 27.5 Å². The molecule has 1 unspecified atom stereocenters. The summed E-state index contributed by atoms with van der Waals surface area (Å²) in [7, 11) is 1.27. The summed E-state index contributed by atoms with van der Waals surface area (Å²) in [6.45, 7) is 3.18. The van der Waals surface area contributed by atoms with E-state index in [1.165, 1.54) is 25.4 Å². The second-order valence-electron chi connectivity index (χ2n) is 6.92. The Labute approximate surface area is 163 Å². The second kappa shape index (κ2) is 7.57. The molecule has 0 aromatic carbocycles. The molecule has 2 aromatic heterocycles. The summed E-state index contributed by atoms with van der Waals surface area (Å²) in [5.41, 5.74) is 0.402. The summed E-state index contributed by atoms with van der Waals surface area (Å²) >= 11 is 1.32. The Kier molecular flexibility index (Phi) is 5.51. The zero-order valence-corrected chi connectivity index (χ0v) is 16.5. The average molecular weight is 415 g/mol. The third-order valence-corrected chi connectivity index (χ3v) is 5.89. The summed E-state index contributed by atoms with van der Waals surface area (Å²) in [5.74, 6) is -0.610. The summed E-state index contributed by atoms with van der Waals surface area (Å²) in [6, 6.07) is 0.887. The number of halogens is 3. The van der Waals surface area contributed by atoms with Crippen molar-refractivity contribution in [2.24, 2.45) is 5.92 Å². The Morgan fingerprint density at radius 3 is 2.75 bits per heavy atom. The number of alkyl halides is 3. The Morgan fingerprint density at radius 2 is 2.14 bits per heavy atom. The standard InChI is InChI=1S/C18H20F3N3O3S/c1-9-4-5-11-12(6-9)28-16(15(11)17(26)27-3)22-14(25)8-24-10(2)7-13(23-24)18(19,20)21/h7,9H,4-6,8H2,1-3H3,(H,22,25). The van der Waals surface area contributed by atoms with Crippen LogP contribution in [-0.2, 0) is 35.1 Å². The van der Waals surface area contributed by atoms with Crippen molar-refractivity contribution in [1.82, 2.24) is 9.78 Å². The first-order valence-electron chi connectivity index (χ1n) is 8.74. The Hall–Kier alpha value is -2.36. The van der Waals surface area contributed by atoms with Crippen LogP contribution >= 0.6 is 11.3 Å². The van der Waals surface area contributed by atoms with E-state index in [9.17, 15) is 22.8 Å². The molecule has 0 radical (unpaired) electrons. The molecule has 28 heavy (non-hydrogen) atoms. The largest absolute Gasteiger partial charge is 0.465 e. The van der Waals surface area contributed by atoms with Crippen molar-refractivity contribution in [3.05, 3.63) is 33.5 Å². The van der Waals surface area contributed by atoms with Crippen LogP contribution in [0.1, 0.15) is 45.5 Å². The number of aryl methyl sites for hydroxylation is 1. The predicted molar refractivity (Wildman–Crippen MR) is 97.4 cm³/mol. The molecule has 10 heteroatoms. The molecule has 152 valence electrons. The van der Waals surface area contributed by atoms with Gasteiger partial charge in [-0.3, -0.25) is 9.48 Å². The van der Waals surface area contributed by atoms with Gasteiger partial charge < -0.3 is 10.1 Å². The van der Waals surface area contributed by atoms with E-state index in [1.807, 2.05) is 0 Å². The smallest absolute Gasteiger partial charge is 0.435 e. The van der Waals surface area contributed by atoms with Crippen LogP contribution in [-0.4, -0.2) is 28.8 Å². The zero-order chi connectivity index (χ0) is 20.6. The van der Waals surface area contributed by atoms with Gasteiger partial charge in [-0.1, -0.05) is 6.92 Å². The van der Waals surface area contributed by atoms with Crippen molar-refractivity contribution in [3.63, 3.8) is 0 Å². The number of fused-ring (bicyclic) bond motifs is 1. The summed E-state index contributed by atoms with van der Waals surface area (Å²) in [6.07, 6.45) is -2.10. The van der Waals surface area contributed by atoms with Crippen molar-refractivity contribution >= 4 is 28.2 Å². The first-order valence-corrected chi connectivity index (χ1v) is 9.56. The lowest BCUT2D eigenvalue weighted by atomic mass is 9.88. The fourth-order valence-corrected chi connectivity index (χ4v) is 4.68. The van der Waals surface area contributed by atoms with Gasteiger partial charge in [-0.25, -0.2) is 4.79 Å². The van der Waals surface area contributed by atoms with E-state index in [1.54, 1.807) is 0 Å². The third-order valence-electron chi connectivity index (χ3n) is 4.72. The van der Waals surface area contributed by atoms with Crippen LogP contribution in [0.3, 0.4) is 0 Å². The number of nitrogens with one attached hydrogen (secondary N) is 1. The first-order chi connectivity index (χ1) is 13.1. The molecular weight excluding hydrogens is 395 g/mol. The number of ether oxygens (including phenoxy) is 1. The minimum atomic E-state index is -4.58. The maximum atomic E-state index is 12.8. The molecule has 6 nitrogen and oxygen atoms in total. The fourth-order valence-electron chi connectivity index (χ4n) is 3.27. The number of thiophene rings is 1. The quantitative estimate of drug-likeness (QED) is 0.771. The van der Waals surface area contributed by atoms with E-state index in [4.69, 9.17) is 4.74 Å². The van der Waals surface area contributed by atoms with Crippen molar-refractivity contribution in [3.8, 4) is 0 Å². The van der Waals surface area contributed by atoms with Crippen molar-refractivity contribution in [1.29, 1.82) is 0 Å². The van der Waals surface area contributed by atoms with E-state index in [0.29, 0.717) is 16.5 Å². The molecule has 0 fully saturated rings. The molecule has 2 aromatic rings. The Morgan fingerprint density at radius 1 is 1.43 bits per heavy atom. The van der Waals surface area contributed by atoms with Crippen LogP contribution in [0.5, 0.6) is 0 Å². The van der Waals surface area contributed by atoms with Gasteiger partial charge in [-0.15, -0.1) is 11.3 Å². The SMILES string of the molecule is COC(=O)c1c(NC(=O)Cn2nc(C(F)(F)F)cc2C)sc2c1CCC(C)C2. The molecule has 1 atom stereocenters. The summed E-state index contributed by atoms with van der Waals surface area (Å²) < 4.78 is 44.2. The molecule has 1 amide bonds. The fraction of sp³-hybridized carbons (Fsp3) is 0.500. The third kappa shape index (κ3) is 4.06. The number of rotatable bonds is 4. The lowest BCUT2D eigenvalue weighted by Crippen LogP contribution is -2.21. The number of hydrogen-bond acceptors (Lipinski definition) is 5. The van der Waals surface area contributed by atoms with Gasteiger partial charge in [-0.05, 0) is 43.7 Å². The van der Waals surface area contributed by atoms with Gasteiger partial charge in [0.2, 0.25) is 5.91 Å². The molecule has 0 saturated heterocycles. The number of aromatic nitrogens is 2. The van der Waals surface area contributed by atoms with E-state index in [-0.39, 0.29) is 12.2 Å². The van der Waals surface area contributed by atoms with Gasteiger partial charge >= 0.3 is 12.1 Å². The normalized spacial score (nSPS) is 16.6. The molecule has 3 rings (SSSR count). The molecule has 1 aliphatic carbocycles. The topological polar surface area (TPSA) is 73.2 Å². The van der Waals surface area contributed by atoms with Gasteiger partial charge in [0.15, 0.2) is 5.69 Å². The number of amides is 1. The van der Waals surface area contributed by atoms with E-state index in [2.05, 4.69) is 17.3 Å². The molecule has 0 aliphatic heterocycles. The maximum Gasteiger partial charge on any atom is 0.435 e. The number of anilines is 1. The van der Waals surface area contributed by atoms with E-state index in [0.717, 1.165) is 40.5 Å². The molecule has 0 saturated carbocycles. The lowest BCUT2D eigenvalue weighted by Gasteiger charge is -2.18. The first kappa shape index (κ1) is 20.4. The maximum absolute atomic E-state index is 12.8. The molecular formula is C18H20F3N3O3S. The molecule has 0 bridgehead atoms. The predicted octanol–water partition coefficient (Wildman–Crippen LogP) is 3.82. The monoisotopic (exact) mass is 415 g/mol. The molecule has 2 heterocycles. The van der Waals surface area contributed by atoms with Crippen molar-refractivity contribution in [2.75, 3.05) is 12.4 Å². The molecule has 1 N–H and O–H groups in total. The van der Waals surface area contributed by atoms with Crippen LogP contribution in [0.15, 0.2) is 6.07 Å². The second-order valence-corrected chi connectivity index (χ2v) is 8.03. The van der Waals surface area contributed by atoms with Crippen LogP contribution in [0.4, 0.5) is 18.2 Å². The number of nitrogens with zero attached hydrogens (tertiary/aromatic N) is 2. The highest BCUT2D eigenvalue weighted by Gasteiger charge is 2.35. The van der Waals surface area contributed by atoms with Gasteiger partial charge in [0, 0.05) is 10.6 Å². The number of methoxy groups -OCH3 is 1. The summed E-state index contributed by atoms with van der Waals surface area (Å²) in [5, 5.41) is 6.48. The Bertz CT molecular complexity index is 917. The van der Waals surface area contributed by atoms with Gasteiger partial charge in [0.1, 0.15) is 11.5 Å². The lowest BCUT2D eigenvalue weighted by molar-refractivity contribution is -0.141. The Balaban J connectivity index is 1.83. The van der Waals surface area contributed by atoms with Gasteiger partial charge in [-0.2, -0.15) is 18.3 Å². The molecule has 1 aliphatic rings. The minimum absolute atomic E-state index is 0.218. The van der Waals surface area contributed by atoms with Crippen molar-refractivity contribution in [2.45, 2.75) is 45.8 Å². The van der Waals surface area contributed by atoms with Crippen LogP contribution < -0.4 is 5.32 Å². The number of esters is 1. The highest BCUT2D eigenvalue weighted by Crippen LogP contribution is 2.40. The van der Waals surface area contributed by atoms with Gasteiger partial charge in [0.05, 0.1) is 12.7 Å². The average Bonchev–Trinajstić information content (AvgIpc) is 3.14. The number of carbonyl (C=O) groups excluding carboxylic acids is 2. The molecule has 0 spiro atoms. The highest BCUT2D eigenvalue weighted by atomic mass is 32.1. The summed E-state index contributed by atoms with van der Waals surface area (Å²) in [4.78, 5) is 25.7. The van der Waals surface area contributed by atoms with Gasteiger partial charge in [0.25, 0.3) is 0 Å². The van der Waals surface area contributed by atoms with Crippen LogP contribution in [0.2, 0.25) is 0 Å².